The van der Waals surface area contributed by atoms with Crippen LogP contribution < -0.4 is 22.3 Å². The third-order valence-electron chi connectivity index (χ3n) is 3.18. The van der Waals surface area contributed by atoms with Gasteiger partial charge >= 0.3 is 5.69 Å². The second-order valence-corrected chi connectivity index (χ2v) is 4.74. The van der Waals surface area contributed by atoms with E-state index in [2.05, 4.69) is 10.3 Å². The first-order valence-electron chi connectivity index (χ1n) is 6.51. The largest absolute Gasteiger partial charge is 0.332 e. The number of aryl methyl sites for hydroxylation is 1. The standard InChI is InChI=1S/C13H17N5O3.2ClH/c1-17-11-9(12(20)18(2)13(17)21)6-8(7-15-11)16-10(19)4-3-5-14;;/h6-7H,3-5,14H2,1-2H3,(H,16,19);2*1H. The first-order valence-corrected chi connectivity index (χ1v) is 6.51. The lowest BCUT2D eigenvalue weighted by Gasteiger charge is -2.09. The fourth-order valence-corrected chi connectivity index (χ4v) is 2.02. The molecule has 0 saturated carbocycles. The number of halogens is 2. The smallest absolute Gasteiger partial charge is 0.330 e. The van der Waals surface area contributed by atoms with Crippen molar-refractivity contribution in [2.45, 2.75) is 12.8 Å². The van der Waals surface area contributed by atoms with Gasteiger partial charge in [-0.1, -0.05) is 0 Å². The van der Waals surface area contributed by atoms with Crippen LogP contribution in [0.25, 0.3) is 11.0 Å². The second-order valence-electron chi connectivity index (χ2n) is 4.74. The molecule has 0 aliphatic carbocycles. The summed E-state index contributed by atoms with van der Waals surface area (Å²) in [4.78, 5) is 39.6. The van der Waals surface area contributed by atoms with E-state index in [1.807, 2.05) is 0 Å². The van der Waals surface area contributed by atoms with Crippen molar-refractivity contribution in [1.29, 1.82) is 0 Å². The molecular formula is C13H19Cl2N5O3. The predicted octanol–water partition coefficient (Wildman–Crippen LogP) is 0.153. The van der Waals surface area contributed by atoms with Crippen LogP contribution in [-0.4, -0.2) is 26.6 Å². The number of pyridine rings is 1. The highest BCUT2D eigenvalue weighted by atomic mass is 35.5. The van der Waals surface area contributed by atoms with Gasteiger partial charge in [0.1, 0.15) is 5.65 Å². The van der Waals surface area contributed by atoms with Crippen molar-refractivity contribution in [2.75, 3.05) is 11.9 Å². The molecule has 0 bridgehead atoms. The first-order chi connectivity index (χ1) is 9.95. The summed E-state index contributed by atoms with van der Waals surface area (Å²) in [5.41, 5.74) is 5.15. The molecule has 0 aliphatic rings. The molecule has 2 rings (SSSR count). The lowest BCUT2D eigenvalue weighted by Crippen LogP contribution is -2.37. The minimum absolute atomic E-state index is 0. The number of nitrogens with two attached hydrogens (primary N) is 1. The van der Waals surface area contributed by atoms with Gasteiger partial charge in [-0.2, -0.15) is 0 Å². The van der Waals surface area contributed by atoms with Crippen LogP contribution in [0.4, 0.5) is 5.69 Å². The summed E-state index contributed by atoms with van der Waals surface area (Å²) in [5, 5.41) is 2.93. The molecule has 23 heavy (non-hydrogen) atoms. The van der Waals surface area contributed by atoms with Crippen molar-refractivity contribution in [3.63, 3.8) is 0 Å². The average molecular weight is 364 g/mol. The molecule has 1 amide bonds. The first kappa shape index (κ1) is 21.1. The Balaban J connectivity index is 0.00000242. The summed E-state index contributed by atoms with van der Waals surface area (Å²) in [7, 11) is 2.94. The Morgan fingerprint density at radius 3 is 2.52 bits per heavy atom. The SMILES string of the molecule is Cl.Cl.Cn1c(=O)c2cc(NC(=O)CCCN)cnc2n(C)c1=O. The number of anilines is 1. The zero-order valence-electron chi connectivity index (χ0n) is 12.7. The van der Waals surface area contributed by atoms with Crippen molar-refractivity contribution in [3.8, 4) is 0 Å². The highest BCUT2D eigenvalue weighted by Crippen LogP contribution is 2.12. The maximum Gasteiger partial charge on any atom is 0.332 e. The Kier molecular flexibility index (Phi) is 7.94. The summed E-state index contributed by atoms with van der Waals surface area (Å²) in [6, 6.07) is 1.52. The number of aromatic nitrogens is 3. The zero-order chi connectivity index (χ0) is 15.6. The van der Waals surface area contributed by atoms with Crippen molar-refractivity contribution in [1.82, 2.24) is 14.1 Å². The fourth-order valence-electron chi connectivity index (χ4n) is 2.02. The molecule has 0 aliphatic heterocycles. The molecule has 2 aromatic rings. The minimum atomic E-state index is -0.446. The van der Waals surface area contributed by atoms with Crippen molar-refractivity contribution >= 4 is 47.4 Å². The molecule has 0 spiro atoms. The van der Waals surface area contributed by atoms with Crippen molar-refractivity contribution in [3.05, 3.63) is 33.1 Å². The van der Waals surface area contributed by atoms with E-state index in [4.69, 9.17) is 5.73 Å². The van der Waals surface area contributed by atoms with Crippen LogP contribution in [0, 0.1) is 0 Å². The van der Waals surface area contributed by atoms with Crippen molar-refractivity contribution in [2.24, 2.45) is 19.8 Å². The number of carbonyl (C=O) groups is 1. The third-order valence-corrected chi connectivity index (χ3v) is 3.18. The fraction of sp³-hybridized carbons (Fsp3) is 0.385. The van der Waals surface area contributed by atoms with Crippen molar-refractivity contribution < 1.29 is 4.79 Å². The second kappa shape index (κ2) is 8.66. The van der Waals surface area contributed by atoms with Gasteiger partial charge in [0.05, 0.1) is 17.3 Å². The van der Waals surface area contributed by atoms with Crippen LogP contribution in [0.3, 0.4) is 0 Å². The molecule has 128 valence electrons. The van der Waals surface area contributed by atoms with E-state index in [0.717, 1.165) is 4.57 Å². The average Bonchev–Trinajstić information content (AvgIpc) is 2.48. The third kappa shape index (κ3) is 4.31. The number of hydrogen-bond acceptors (Lipinski definition) is 5. The Hall–Kier alpha value is -1.90. The number of fused-ring (bicyclic) bond motifs is 1. The predicted molar refractivity (Wildman–Crippen MR) is 93.6 cm³/mol. The molecule has 3 N–H and O–H groups in total. The van der Waals surface area contributed by atoms with E-state index in [-0.39, 0.29) is 41.8 Å². The maximum absolute atomic E-state index is 12.1. The van der Waals surface area contributed by atoms with Gasteiger partial charge in [-0.15, -0.1) is 24.8 Å². The molecule has 0 aromatic carbocycles. The molecule has 0 atom stereocenters. The van der Waals surface area contributed by atoms with Crippen LogP contribution in [0.2, 0.25) is 0 Å². The van der Waals surface area contributed by atoms with E-state index < -0.39 is 11.2 Å². The quantitative estimate of drug-likeness (QED) is 0.802. The van der Waals surface area contributed by atoms with Crippen LogP contribution in [0.15, 0.2) is 21.9 Å². The highest BCUT2D eigenvalue weighted by molar-refractivity contribution is 5.92. The lowest BCUT2D eigenvalue weighted by atomic mass is 10.2. The van der Waals surface area contributed by atoms with Gasteiger partial charge in [0.25, 0.3) is 5.56 Å². The number of hydrogen-bond donors (Lipinski definition) is 2. The number of nitrogens with one attached hydrogen (secondary N) is 1. The number of rotatable bonds is 4. The van der Waals surface area contributed by atoms with Gasteiger partial charge < -0.3 is 11.1 Å². The highest BCUT2D eigenvalue weighted by Gasteiger charge is 2.11. The van der Waals surface area contributed by atoms with Crippen LogP contribution in [0.5, 0.6) is 0 Å². The number of carbonyl (C=O) groups excluding carboxylic acids is 1. The maximum atomic E-state index is 12.1. The molecule has 8 nitrogen and oxygen atoms in total. The van der Waals surface area contributed by atoms with Gasteiger partial charge in [-0.3, -0.25) is 18.7 Å². The van der Waals surface area contributed by atoms with Gasteiger partial charge in [0.2, 0.25) is 5.91 Å². The monoisotopic (exact) mass is 363 g/mol. The Morgan fingerprint density at radius 2 is 1.91 bits per heavy atom. The number of amides is 1. The van der Waals surface area contributed by atoms with Crippen LogP contribution >= 0.6 is 24.8 Å². The van der Waals surface area contributed by atoms with E-state index in [0.29, 0.717) is 25.1 Å². The van der Waals surface area contributed by atoms with E-state index in [1.54, 1.807) is 0 Å². The van der Waals surface area contributed by atoms with Gasteiger partial charge in [-0.25, -0.2) is 9.78 Å². The lowest BCUT2D eigenvalue weighted by molar-refractivity contribution is -0.116. The summed E-state index contributed by atoms with van der Waals surface area (Å²) in [5.74, 6) is -0.191. The summed E-state index contributed by atoms with van der Waals surface area (Å²) in [6.45, 7) is 0.437. The summed E-state index contributed by atoms with van der Waals surface area (Å²) >= 11 is 0. The molecule has 0 saturated heterocycles. The molecule has 10 heteroatoms. The normalized spacial score (nSPS) is 9.87. The van der Waals surface area contributed by atoms with Crippen LogP contribution in [-0.2, 0) is 18.9 Å². The van der Waals surface area contributed by atoms with Gasteiger partial charge in [0, 0.05) is 20.5 Å². The molecule has 0 fully saturated rings. The molecule has 2 aromatic heterocycles. The molecule has 2 heterocycles. The van der Waals surface area contributed by atoms with Gasteiger partial charge in [-0.05, 0) is 19.0 Å². The van der Waals surface area contributed by atoms with Crippen LogP contribution in [0.1, 0.15) is 12.8 Å². The topological polar surface area (TPSA) is 112 Å². The molecule has 0 unspecified atom stereocenters. The Morgan fingerprint density at radius 1 is 1.26 bits per heavy atom. The minimum Gasteiger partial charge on any atom is -0.330 e. The molecular weight excluding hydrogens is 345 g/mol. The number of nitrogens with zero attached hydrogens (tertiary/aromatic N) is 3. The Labute approximate surface area is 144 Å². The van der Waals surface area contributed by atoms with E-state index in [9.17, 15) is 14.4 Å². The Bertz CT molecular complexity index is 816. The summed E-state index contributed by atoms with van der Waals surface area (Å²) < 4.78 is 2.29. The zero-order valence-corrected chi connectivity index (χ0v) is 14.4. The summed E-state index contributed by atoms with van der Waals surface area (Å²) in [6.07, 6.45) is 2.31. The van der Waals surface area contributed by atoms with E-state index in [1.165, 1.54) is 30.9 Å². The molecule has 0 radical (unpaired) electrons. The van der Waals surface area contributed by atoms with E-state index >= 15 is 0 Å². The van der Waals surface area contributed by atoms with Gasteiger partial charge in [0.15, 0.2) is 0 Å².